The third kappa shape index (κ3) is 4.86. The molecular weight excluding hydrogens is 260 g/mol. The van der Waals surface area contributed by atoms with Gasteiger partial charge in [-0.25, -0.2) is 0 Å². The van der Waals surface area contributed by atoms with Gasteiger partial charge in [0.1, 0.15) is 5.75 Å². The molecule has 0 saturated heterocycles. The molecule has 0 aliphatic heterocycles. The number of rotatable bonds is 5. The van der Waals surface area contributed by atoms with Crippen LogP contribution in [0.1, 0.15) is 15.9 Å². The minimum absolute atomic E-state index is 0.104. The first-order valence-electron chi connectivity index (χ1n) is 5.87. The van der Waals surface area contributed by atoms with Crippen LogP contribution in [-0.4, -0.2) is 38.1 Å². The number of nitrogens with two attached hydrogens (primary N) is 1. The topological polar surface area (TPSA) is 64.3 Å². The lowest BCUT2D eigenvalue weighted by Gasteiger charge is -2.07. The maximum Gasteiger partial charge on any atom is 0.251 e. The first-order valence-corrected chi connectivity index (χ1v) is 7.26. The van der Waals surface area contributed by atoms with Crippen LogP contribution < -0.4 is 15.8 Å². The molecule has 0 saturated carbocycles. The summed E-state index contributed by atoms with van der Waals surface area (Å²) in [6, 6.07) is 5.18. The quantitative estimate of drug-likeness (QED) is 0.625. The van der Waals surface area contributed by atoms with E-state index in [0.717, 1.165) is 5.75 Å². The van der Waals surface area contributed by atoms with E-state index in [1.54, 1.807) is 37.1 Å². The molecule has 0 unspecified atom stereocenters. The van der Waals surface area contributed by atoms with Crippen molar-refractivity contribution in [2.75, 3.05) is 32.2 Å². The number of methoxy groups -OCH3 is 1. The van der Waals surface area contributed by atoms with E-state index < -0.39 is 0 Å². The van der Waals surface area contributed by atoms with Crippen LogP contribution in [0.3, 0.4) is 0 Å². The molecule has 1 aromatic carbocycles. The highest BCUT2D eigenvalue weighted by atomic mass is 32.2. The summed E-state index contributed by atoms with van der Waals surface area (Å²) >= 11 is 1.69. The molecule has 0 aliphatic carbocycles. The van der Waals surface area contributed by atoms with Gasteiger partial charge in [-0.15, -0.1) is 0 Å². The van der Waals surface area contributed by atoms with Gasteiger partial charge in [0.15, 0.2) is 0 Å². The molecule has 1 aromatic rings. The largest absolute Gasteiger partial charge is 0.495 e. The lowest BCUT2D eigenvalue weighted by Crippen LogP contribution is -2.25. The predicted octanol–water partition coefficient (Wildman–Crippen LogP) is 1.10. The summed E-state index contributed by atoms with van der Waals surface area (Å²) in [6.07, 6.45) is 2.00. The molecule has 0 bridgehead atoms. The Hall–Kier alpha value is -1.64. The maximum absolute atomic E-state index is 11.9. The smallest absolute Gasteiger partial charge is 0.251 e. The molecular formula is C14H18N2O2S. The lowest BCUT2D eigenvalue weighted by molar-refractivity contribution is 0.0956. The van der Waals surface area contributed by atoms with E-state index in [1.807, 2.05) is 6.26 Å². The molecule has 4 nitrogen and oxygen atoms in total. The number of carbonyl (C=O) groups excluding carboxylic acids is 1. The average Bonchev–Trinajstić information content (AvgIpc) is 2.44. The van der Waals surface area contributed by atoms with Crippen molar-refractivity contribution in [3.05, 3.63) is 29.3 Å². The molecule has 3 N–H and O–H groups in total. The number of amides is 1. The highest BCUT2D eigenvalue weighted by Gasteiger charge is 2.08. The summed E-state index contributed by atoms with van der Waals surface area (Å²) in [5.74, 6) is 7.09. The zero-order chi connectivity index (χ0) is 14.1. The van der Waals surface area contributed by atoms with Crippen molar-refractivity contribution in [2.45, 2.75) is 0 Å². The fourth-order valence-electron chi connectivity index (χ4n) is 1.46. The summed E-state index contributed by atoms with van der Waals surface area (Å²) in [4.78, 5) is 11.9. The number of nitrogens with one attached hydrogen (secondary N) is 1. The van der Waals surface area contributed by atoms with Gasteiger partial charge in [0.05, 0.1) is 19.2 Å². The van der Waals surface area contributed by atoms with Gasteiger partial charge in [-0.05, 0) is 24.5 Å². The van der Waals surface area contributed by atoms with E-state index in [4.69, 9.17) is 10.5 Å². The molecule has 19 heavy (non-hydrogen) atoms. The van der Waals surface area contributed by atoms with E-state index >= 15 is 0 Å². The van der Waals surface area contributed by atoms with Crippen LogP contribution in [0, 0.1) is 11.8 Å². The van der Waals surface area contributed by atoms with Crippen LogP contribution in [-0.2, 0) is 0 Å². The molecule has 1 amide bonds. The molecule has 0 fully saturated rings. The second-order valence-electron chi connectivity index (χ2n) is 3.67. The van der Waals surface area contributed by atoms with Crippen molar-refractivity contribution in [1.29, 1.82) is 0 Å². The van der Waals surface area contributed by atoms with Gasteiger partial charge >= 0.3 is 0 Å². The van der Waals surface area contributed by atoms with Crippen molar-refractivity contribution in [3.63, 3.8) is 0 Å². The van der Waals surface area contributed by atoms with Crippen molar-refractivity contribution in [1.82, 2.24) is 5.32 Å². The maximum atomic E-state index is 11.9. The summed E-state index contributed by atoms with van der Waals surface area (Å²) in [5.41, 5.74) is 6.59. The van der Waals surface area contributed by atoms with Crippen LogP contribution in [0.15, 0.2) is 18.2 Å². The summed E-state index contributed by atoms with van der Waals surface area (Å²) in [5, 5.41) is 2.85. The second-order valence-corrected chi connectivity index (χ2v) is 4.66. The Morgan fingerprint density at radius 3 is 2.95 bits per heavy atom. The van der Waals surface area contributed by atoms with Gasteiger partial charge in [0.2, 0.25) is 0 Å². The normalized spacial score (nSPS) is 9.42. The van der Waals surface area contributed by atoms with Crippen molar-refractivity contribution in [3.8, 4) is 17.6 Å². The average molecular weight is 278 g/mol. The summed E-state index contributed by atoms with van der Waals surface area (Å²) < 4.78 is 5.20. The van der Waals surface area contributed by atoms with Gasteiger partial charge in [-0.3, -0.25) is 4.79 Å². The van der Waals surface area contributed by atoms with Crippen molar-refractivity contribution < 1.29 is 9.53 Å². The fraction of sp³-hybridized carbons (Fsp3) is 0.357. The van der Waals surface area contributed by atoms with Gasteiger partial charge in [0, 0.05) is 17.9 Å². The predicted molar refractivity (Wildman–Crippen MR) is 79.6 cm³/mol. The molecule has 0 aromatic heterocycles. The van der Waals surface area contributed by atoms with E-state index in [2.05, 4.69) is 17.2 Å². The third-order valence-corrected chi connectivity index (χ3v) is 2.99. The number of hydrogen-bond acceptors (Lipinski definition) is 4. The lowest BCUT2D eigenvalue weighted by atomic mass is 10.1. The van der Waals surface area contributed by atoms with Gasteiger partial charge in [0.25, 0.3) is 5.91 Å². The van der Waals surface area contributed by atoms with E-state index in [0.29, 0.717) is 23.4 Å². The van der Waals surface area contributed by atoms with E-state index in [-0.39, 0.29) is 12.5 Å². The minimum atomic E-state index is -0.104. The molecule has 0 aliphatic rings. The number of carbonyl (C=O) groups is 1. The Morgan fingerprint density at radius 2 is 2.32 bits per heavy atom. The zero-order valence-electron chi connectivity index (χ0n) is 11.2. The Bertz CT molecular complexity index is 492. The van der Waals surface area contributed by atoms with Gasteiger partial charge in [-0.1, -0.05) is 11.8 Å². The van der Waals surface area contributed by atoms with Gasteiger partial charge in [-0.2, -0.15) is 11.8 Å². The summed E-state index contributed by atoms with van der Waals surface area (Å²) in [7, 11) is 1.57. The fourth-order valence-corrected chi connectivity index (χ4v) is 1.77. The number of thioether (sulfide) groups is 1. The third-order valence-electron chi connectivity index (χ3n) is 2.38. The summed E-state index contributed by atoms with van der Waals surface area (Å²) in [6.45, 7) is 0.920. The Morgan fingerprint density at radius 1 is 1.53 bits per heavy atom. The second kappa shape index (κ2) is 8.46. The first kappa shape index (κ1) is 15.4. The molecule has 102 valence electrons. The molecule has 1 rings (SSSR count). The van der Waals surface area contributed by atoms with Crippen molar-refractivity contribution >= 4 is 17.7 Å². The molecule has 0 spiro atoms. The van der Waals surface area contributed by atoms with Crippen LogP contribution in [0.4, 0.5) is 0 Å². The van der Waals surface area contributed by atoms with Crippen LogP contribution in [0.5, 0.6) is 5.75 Å². The van der Waals surface area contributed by atoms with E-state index in [1.165, 1.54) is 0 Å². The zero-order valence-corrected chi connectivity index (χ0v) is 12.0. The highest BCUT2D eigenvalue weighted by molar-refractivity contribution is 7.98. The first-order chi connectivity index (χ1) is 9.22. The van der Waals surface area contributed by atoms with Crippen LogP contribution in [0.2, 0.25) is 0 Å². The van der Waals surface area contributed by atoms with Gasteiger partial charge < -0.3 is 15.8 Å². The number of hydrogen-bond donors (Lipinski definition) is 2. The van der Waals surface area contributed by atoms with E-state index in [9.17, 15) is 4.79 Å². The standard InChI is InChI=1S/C14H18N2O2S/c1-18-13-6-5-12(10-11(13)4-3-7-15)14(17)16-8-9-19-2/h5-6,10H,7-9,15H2,1-2H3,(H,16,17). The molecule has 0 heterocycles. The molecule has 0 radical (unpaired) electrons. The number of benzene rings is 1. The highest BCUT2D eigenvalue weighted by Crippen LogP contribution is 2.18. The van der Waals surface area contributed by atoms with Crippen molar-refractivity contribution in [2.24, 2.45) is 5.73 Å². The van der Waals surface area contributed by atoms with Crippen LogP contribution >= 0.6 is 11.8 Å². The Labute approximate surface area is 118 Å². The SMILES string of the molecule is COc1ccc(C(=O)NCCSC)cc1C#CCN. The monoisotopic (exact) mass is 278 g/mol. The Balaban J connectivity index is 2.88. The Kier molecular flexibility index (Phi) is 6.86. The molecule has 0 atom stereocenters. The van der Waals surface area contributed by atoms with Crippen LogP contribution in [0.25, 0.3) is 0 Å². The number of ether oxygens (including phenoxy) is 1. The molecule has 5 heteroatoms. The minimum Gasteiger partial charge on any atom is -0.495 e.